The fourth-order valence-corrected chi connectivity index (χ4v) is 2.60. The van der Waals surface area contributed by atoms with E-state index in [4.69, 9.17) is 9.47 Å². The summed E-state index contributed by atoms with van der Waals surface area (Å²) in [5, 5.41) is 13.9. The predicted octanol–water partition coefficient (Wildman–Crippen LogP) is 1.23. The first-order valence-corrected chi connectivity index (χ1v) is 7.80. The molecule has 1 atom stereocenters. The zero-order valence-corrected chi connectivity index (χ0v) is 13.2. The summed E-state index contributed by atoms with van der Waals surface area (Å²) in [6, 6.07) is 14.6. The maximum atomic E-state index is 12.6. The molecule has 0 radical (unpaired) electrons. The average Bonchev–Trinajstić information content (AvgIpc) is 3.20. The van der Waals surface area contributed by atoms with Crippen LogP contribution in [0.15, 0.2) is 54.9 Å². The summed E-state index contributed by atoms with van der Waals surface area (Å²) >= 11 is 0. The SMILES string of the molecule is O=C(NCC1COc2ccccc2O1)c1ccccc1-n1cnnn1. The standard InChI is InChI=1S/C17H15N5O3/c23-17(13-5-1-2-6-14(13)22-11-19-20-21-22)18-9-12-10-24-15-7-3-4-8-16(15)25-12/h1-8,11-12H,9-10H2,(H,18,23). The minimum Gasteiger partial charge on any atom is -0.486 e. The van der Waals surface area contributed by atoms with Gasteiger partial charge in [0.1, 0.15) is 19.0 Å². The number of amides is 1. The summed E-state index contributed by atoms with van der Waals surface area (Å²) in [5.41, 5.74) is 1.09. The van der Waals surface area contributed by atoms with Crippen molar-refractivity contribution in [1.82, 2.24) is 25.5 Å². The molecule has 1 aliphatic heterocycles. The molecule has 25 heavy (non-hydrogen) atoms. The Labute approximate surface area is 143 Å². The molecule has 0 spiro atoms. The van der Waals surface area contributed by atoms with Gasteiger partial charge >= 0.3 is 0 Å². The van der Waals surface area contributed by atoms with E-state index in [9.17, 15) is 4.79 Å². The number of aromatic nitrogens is 4. The molecular formula is C17H15N5O3. The van der Waals surface area contributed by atoms with Gasteiger partial charge in [-0.1, -0.05) is 24.3 Å². The summed E-state index contributed by atoms with van der Waals surface area (Å²) in [7, 11) is 0. The molecule has 3 aromatic rings. The lowest BCUT2D eigenvalue weighted by atomic mass is 10.1. The molecular weight excluding hydrogens is 322 g/mol. The van der Waals surface area contributed by atoms with Crippen molar-refractivity contribution in [3.8, 4) is 17.2 Å². The van der Waals surface area contributed by atoms with Crippen molar-refractivity contribution >= 4 is 5.91 Å². The highest BCUT2D eigenvalue weighted by atomic mass is 16.6. The summed E-state index contributed by atoms with van der Waals surface area (Å²) in [6.07, 6.45) is 1.19. The topological polar surface area (TPSA) is 91.2 Å². The third-order valence-corrected chi connectivity index (χ3v) is 3.80. The Kier molecular flexibility index (Phi) is 3.99. The fraction of sp³-hybridized carbons (Fsp3) is 0.176. The van der Waals surface area contributed by atoms with Crippen LogP contribution in [0.25, 0.3) is 5.69 Å². The Morgan fingerprint density at radius 1 is 1.16 bits per heavy atom. The van der Waals surface area contributed by atoms with E-state index in [1.165, 1.54) is 11.0 Å². The lowest BCUT2D eigenvalue weighted by Crippen LogP contribution is -2.41. The van der Waals surface area contributed by atoms with Crippen LogP contribution >= 0.6 is 0 Å². The second-order valence-corrected chi connectivity index (χ2v) is 5.48. The Bertz CT molecular complexity index is 882. The first-order valence-electron chi connectivity index (χ1n) is 7.80. The molecule has 0 saturated carbocycles. The van der Waals surface area contributed by atoms with E-state index in [1.54, 1.807) is 18.2 Å². The van der Waals surface area contributed by atoms with Gasteiger partial charge < -0.3 is 14.8 Å². The third kappa shape index (κ3) is 3.14. The maximum Gasteiger partial charge on any atom is 0.253 e. The number of nitrogens with one attached hydrogen (secondary N) is 1. The number of benzene rings is 2. The highest BCUT2D eigenvalue weighted by Gasteiger charge is 2.22. The maximum absolute atomic E-state index is 12.6. The van der Waals surface area contributed by atoms with Crippen LogP contribution in [0.3, 0.4) is 0 Å². The van der Waals surface area contributed by atoms with Crippen molar-refractivity contribution < 1.29 is 14.3 Å². The Hall–Kier alpha value is -3.42. The number of fused-ring (bicyclic) bond motifs is 1. The van der Waals surface area contributed by atoms with Gasteiger partial charge in [0.25, 0.3) is 5.91 Å². The van der Waals surface area contributed by atoms with Gasteiger partial charge in [-0.25, -0.2) is 0 Å². The summed E-state index contributed by atoms with van der Waals surface area (Å²) in [4.78, 5) is 12.6. The van der Waals surface area contributed by atoms with Crippen LogP contribution in [0.4, 0.5) is 0 Å². The lowest BCUT2D eigenvalue weighted by molar-refractivity contribution is 0.0789. The molecule has 4 rings (SSSR count). The van der Waals surface area contributed by atoms with Crippen LogP contribution in [-0.2, 0) is 0 Å². The quantitative estimate of drug-likeness (QED) is 0.770. The summed E-state index contributed by atoms with van der Waals surface area (Å²) in [5.74, 6) is 1.17. The zero-order chi connectivity index (χ0) is 17.1. The molecule has 1 N–H and O–H groups in total. The van der Waals surface area contributed by atoms with E-state index in [-0.39, 0.29) is 12.0 Å². The highest BCUT2D eigenvalue weighted by Crippen LogP contribution is 2.30. The molecule has 1 aromatic heterocycles. The van der Waals surface area contributed by atoms with Crippen LogP contribution in [0.2, 0.25) is 0 Å². The van der Waals surface area contributed by atoms with Crippen molar-refractivity contribution in [3.63, 3.8) is 0 Å². The van der Waals surface area contributed by atoms with Gasteiger partial charge in [-0.05, 0) is 34.7 Å². The van der Waals surface area contributed by atoms with Crippen LogP contribution < -0.4 is 14.8 Å². The van der Waals surface area contributed by atoms with Gasteiger partial charge in [-0.3, -0.25) is 4.79 Å². The van der Waals surface area contributed by atoms with Crippen molar-refractivity contribution in [2.24, 2.45) is 0 Å². The fourth-order valence-electron chi connectivity index (χ4n) is 2.60. The predicted molar refractivity (Wildman–Crippen MR) is 87.8 cm³/mol. The highest BCUT2D eigenvalue weighted by molar-refractivity contribution is 5.97. The molecule has 1 amide bonds. The number of ether oxygens (including phenoxy) is 2. The zero-order valence-electron chi connectivity index (χ0n) is 13.2. The minimum absolute atomic E-state index is 0.228. The minimum atomic E-state index is -0.251. The molecule has 126 valence electrons. The van der Waals surface area contributed by atoms with Gasteiger partial charge in [-0.2, -0.15) is 4.68 Å². The van der Waals surface area contributed by atoms with Gasteiger partial charge in [0, 0.05) is 0 Å². The second kappa shape index (κ2) is 6.60. The van der Waals surface area contributed by atoms with E-state index < -0.39 is 0 Å². The average molecular weight is 337 g/mol. The molecule has 1 aliphatic rings. The number of hydrogen-bond acceptors (Lipinski definition) is 6. The number of carbonyl (C=O) groups is 1. The number of tetrazole rings is 1. The molecule has 0 aliphatic carbocycles. The van der Waals surface area contributed by atoms with E-state index in [2.05, 4.69) is 20.8 Å². The molecule has 2 aromatic carbocycles. The van der Waals surface area contributed by atoms with E-state index in [1.807, 2.05) is 30.3 Å². The van der Waals surface area contributed by atoms with Crippen LogP contribution in [0.1, 0.15) is 10.4 Å². The molecule has 2 heterocycles. The van der Waals surface area contributed by atoms with E-state index in [0.29, 0.717) is 35.9 Å². The molecule has 0 fully saturated rings. The second-order valence-electron chi connectivity index (χ2n) is 5.48. The molecule has 1 unspecified atom stereocenters. The Morgan fingerprint density at radius 2 is 1.96 bits per heavy atom. The molecule has 0 saturated heterocycles. The first kappa shape index (κ1) is 15.1. The number of para-hydroxylation sites is 3. The lowest BCUT2D eigenvalue weighted by Gasteiger charge is -2.26. The summed E-state index contributed by atoms with van der Waals surface area (Å²) in [6.45, 7) is 0.711. The van der Waals surface area contributed by atoms with Crippen LogP contribution in [0, 0.1) is 0 Å². The summed E-state index contributed by atoms with van der Waals surface area (Å²) < 4.78 is 12.9. The van der Waals surface area contributed by atoms with Crippen LogP contribution in [0.5, 0.6) is 11.5 Å². The van der Waals surface area contributed by atoms with Crippen molar-refractivity contribution in [2.75, 3.05) is 13.2 Å². The monoisotopic (exact) mass is 337 g/mol. The van der Waals surface area contributed by atoms with E-state index in [0.717, 1.165) is 0 Å². The smallest absolute Gasteiger partial charge is 0.253 e. The van der Waals surface area contributed by atoms with Crippen molar-refractivity contribution in [1.29, 1.82) is 0 Å². The van der Waals surface area contributed by atoms with Gasteiger partial charge in [0.2, 0.25) is 0 Å². The van der Waals surface area contributed by atoms with Crippen molar-refractivity contribution in [3.05, 3.63) is 60.4 Å². The molecule has 8 heteroatoms. The first-order chi connectivity index (χ1) is 12.3. The van der Waals surface area contributed by atoms with Gasteiger partial charge in [-0.15, -0.1) is 5.10 Å². The number of nitrogens with zero attached hydrogens (tertiary/aromatic N) is 4. The van der Waals surface area contributed by atoms with Crippen LogP contribution in [-0.4, -0.2) is 45.4 Å². The van der Waals surface area contributed by atoms with Crippen molar-refractivity contribution in [2.45, 2.75) is 6.10 Å². The Morgan fingerprint density at radius 3 is 2.80 bits per heavy atom. The number of carbonyl (C=O) groups excluding carboxylic acids is 1. The normalized spacial score (nSPS) is 15.6. The molecule has 8 nitrogen and oxygen atoms in total. The number of hydrogen-bond donors (Lipinski definition) is 1. The van der Waals surface area contributed by atoms with Gasteiger partial charge in [0.15, 0.2) is 11.5 Å². The Balaban J connectivity index is 1.44. The number of rotatable bonds is 4. The van der Waals surface area contributed by atoms with E-state index >= 15 is 0 Å². The van der Waals surface area contributed by atoms with Gasteiger partial charge in [0.05, 0.1) is 17.8 Å². The largest absolute Gasteiger partial charge is 0.486 e. The molecule has 0 bridgehead atoms. The third-order valence-electron chi connectivity index (χ3n) is 3.80.